The molecule has 5 rings (SSSR count). The van der Waals surface area contributed by atoms with Crippen molar-refractivity contribution in [3.63, 3.8) is 0 Å². The Morgan fingerprint density at radius 1 is 1.11 bits per heavy atom. The fraction of sp³-hybridized carbons (Fsp3) is 0.409. The third-order valence-electron chi connectivity index (χ3n) is 6.45. The maximum atomic E-state index is 13.4. The van der Waals surface area contributed by atoms with Crippen LogP contribution in [-0.2, 0) is 9.63 Å². The van der Waals surface area contributed by atoms with Gasteiger partial charge in [-0.3, -0.25) is 9.63 Å². The van der Waals surface area contributed by atoms with Gasteiger partial charge in [-0.2, -0.15) is 0 Å². The Kier molecular flexibility index (Phi) is 4.14. The monoisotopic (exact) mass is 382 g/mol. The maximum absolute atomic E-state index is 13.4. The van der Waals surface area contributed by atoms with Crippen LogP contribution in [0.1, 0.15) is 18.4 Å². The molecule has 2 aliphatic carbocycles. The summed E-state index contributed by atoms with van der Waals surface area (Å²) in [6.45, 7) is 2.01. The standard InChI is InChI=1S/C22H23ClN2O2/c1-13-7-5-6-10-18(13)24-22(26)20-19-14-11-16(17(23)12-14)21(19)27-25(20)15-8-3-2-4-9-15/h2-10,14,16-17,19-21H,11-12H2,1H3,(H,24,26)/t14-,16-,17+,19+,20+,21-/m0/s1. The molecular formula is C22H23ClN2O2. The van der Waals surface area contributed by atoms with E-state index in [-0.39, 0.29) is 29.3 Å². The number of carbonyl (C=O) groups is 1. The number of benzene rings is 2. The van der Waals surface area contributed by atoms with Crippen molar-refractivity contribution in [3.8, 4) is 0 Å². The zero-order chi connectivity index (χ0) is 18.5. The van der Waals surface area contributed by atoms with Gasteiger partial charge < -0.3 is 5.32 Å². The Labute approximate surface area is 164 Å². The molecular weight excluding hydrogens is 360 g/mol. The molecule has 1 aliphatic heterocycles. The van der Waals surface area contributed by atoms with Crippen LogP contribution in [0.25, 0.3) is 0 Å². The van der Waals surface area contributed by atoms with Gasteiger partial charge in [0.15, 0.2) is 0 Å². The molecule has 1 heterocycles. The minimum Gasteiger partial charge on any atom is -0.324 e. The van der Waals surface area contributed by atoms with E-state index in [0.29, 0.717) is 11.8 Å². The molecule has 1 N–H and O–H groups in total. The summed E-state index contributed by atoms with van der Waals surface area (Å²) in [6, 6.07) is 17.5. The molecule has 0 spiro atoms. The Morgan fingerprint density at radius 3 is 2.63 bits per heavy atom. The molecule has 140 valence electrons. The van der Waals surface area contributed by atoms with Gasteiger partial charge in [0.05, 0.1) is 11.8 Å². The fourth-order valence-corrected chi connectivity index (χ4v) is 5.68. The average Bonchev–Trinajstić information content (AvgIpc) is 3.34. The van der Waals surface area contributed by atoms with E-state index < -0.39 is 0 Å². The van der Waals surface area contributed by atoms with Crippen molar-refractivity contribution in [2.75, 3.05) is 10.4 Å². The Bertz CT molecular complexity index is 858. The van der Waals surface area contributed by atoms with Crippen LogP contribution in [-0.4, -0.2) is 23.4 Å². The number of aryl methyl sites for hydroxylation is 1. The first kappa shape index (κ1) is 17.1. The summed E-state index contributed by atoms with van der Waals surface area (Å²) in [5, 5.41) is 5.13. The van der Waals surface area contributed by atoms with Gasteiger partial charge in [-0.15, -0.1) is 11.6 Å². The van der Waals surface area contributed by atoms with Gasteiger partial charge in [-0.25, -0.2) is 5.06 Å². The normalized spacial score (nSPS) is 33.9. The molecule has 2 aromatic carbocycles. The van der Waals surface area contributed by atoms with Crippen LogP contribution in [0.3, 0.4) is 0 Å². The highest BCUT2D eigenvalue weighted by atomic mass is 35.5. The largest absolute Gasteiger partial charge is 0.324 e. The van der Waals surface area contributed by atoms with E-state index in [1.165, 1.54) is 0 Å². The van der Waals surface area contributed by atoms with Crippen molar-refractivity contribution in [3.05, 3.63) is 60.2 Å². The van der Waals surface area contributed by atoms with E-state index in [4.69, 9.17) is 16.4 Å². The van der Waals surface area contributed by atoms with Gasteiger partial charge in [0.25, 0.3) is 0 Å². The summed E-state index contributed by atoms with van der Waals surface area (Å²) in [6.07, 6.45) is 2.08. The second-order valence-electron chi connectivity index (χ2n) is 7.97. The summed E-state index contributed by atoms with van der Waals surface area (Å²) in [5.41, 5.74) is 2.83. The molecule has 2 bridgehead atoms. The maximum Gasteiger partial charge on any atom is 0.250 e. The number of fused-ring (bicyclic) bond motifs is 5. The van der Waals surface area contributed by atoms with Crippen LogP contribution < -0.4 is 10.4 Å². The molecule has 4 nitrogen and oxygen atoms in total. The van der Waals surface area contributed by atoms with Crippen molar-refractivity contribution in [2.24, 2.45) is 17.8 Å². The van der Waals surface area contributed by atoms with Crippen LogP contribution in [0.5, 0.6) is 0 Å². The number of halogens is 1. The molecule has 2 saturated carbocycles. The number of nitrogens with one attached hydrogen (secondary N) is 1. The van der Waals surface area contributed by atoms with E-state index in [0.717, 1.165) is 29.8 Å². The molecule has 3 fully saturated rings. The average molecular weight is 383 g/mol. The van der Waals surface area contributed by atoms with E-state index in [2.05, 4.69) is 5.32 Å². The lowest BCUT2D eigenvalue weighted by Gasteiger charge is -2.29. The highest BCUT2D eigenvalue weighted by Crippen LogP contribution is 2.57. The lowest BCUT2D eigenvalue weighted by Crippen LogP contribution is -2.45. The first-order valence-corrected chi connectivity index (χ1v) is 10.1. The van der Waals surface area contributed by atoms with Crippen molar-refractivity contribution in [2.45, 2.75) is 37.3 Å². The number of hydrogen-bond donors (Lipinski definition) is 1. The molecule has 6 atom stereocenters. The van der Waals surface area contributed by atoms with Crippen LogP contribution in [0.15, 0.2) is 54.6 Å². The number of para-hydroxylation sites is 2. The summed E-state index contributed by atoms with van der Waals surface area (Å²) >= 11 is 6.55. The second kappa shape index (κ2) is 6.54. The van der Waals surface area contributed by atoms with Crippen molar-refractivity contribution in [1.29, 1.82) is 0 Å². The quantitative estimate of drug-likeness (QED) is 0.800. The first-order chi connectivity index (χ1) is 13.1. The van der Waals surface area contributed by atoms with Crippen LogP contribution >= 0.6 is 11.6 Å². The summed E-state index contributed by atoms with van der Waals surface area (Å²) < 4.78 is 0. The lowest BCUT2D eigenvalue weighted by molar-refractivity contribution is -0.118. The third-order valence-corrected chi connectivity index (χ3v) is 6.95. The Balaban J connectivity index is 1.48. The summed E-state index contributed by atoms with van der Waals surface area (Å²) in [5.74, 6) is 0.974. The number of carbonyl (C=O) groups excluding carboxylic acids is 1. The van der Waals surface area contributed by atoms with E-state index in [9.17, 15) is 4.79 Å². The second-order valence-corrected chi connectivity index (χ2v) is 8.53. The number of amides is 1. The van der Waals surface area contributed by atoms with Gasteiger partial charge in [-0.1, -0.05) is 36.4 Å². The number of hydrogen-bond acceptors (Lipinski definition) is 3. The molecule has 5 heteroatoms. The number of anilines is 2. The molecule has 0 radical (unpaired) electrons. The van der Waals surface area contributed by atoms with Crippen LogP contribution in [0, 0.1) is 24.7 Å². The van der Waals surface area contributed by atoms with Gasteiger partial charge in [0, 0.05) is 22.9 Å². The van der Waals surface area contributed by atoms with Crippen molar-refractivity contribution in [1.82, 2.24) is 0 Å². The Hall–Kier alpha value is -2.04. The van der Waals surface area contributed by atoms with Crippen molar-refractivity contribution < 1.29 is 9.63 Å². The smallest absolute Gasteiger partial charge is 0.250 e. The molecule has 1 amide bonds. The summed E-state index contributed by atoms with van der Waals surface area (Å²) in [7, 11) is 0. The molecule has 1 saturated heterocycles. The summed E-state index contributed by atoms with van der Waals surface area (Å²) in [4.78, 5) is 19.8. The van der Waals surface area contributed by atoms with Gasteiger partial charge in [-0.05, 0) is 49.4 Å². The number of nitrogens with zero attached hydrogens (tertiary/aromatic N) is 1. The SMILES string of the molecule is Cc1ccccc1NC(=O)[C@H]1[C@H]2[C@H]3C[C@H]([C@@H]2ON1c1ccccc1)[C@H](Cl)C3. The molecule has 3 aliphatic rings. The molecule has 0 unspecified atom stereocenters. The van der Waals surface area contributed by atoms with E-state index in [1.54, 1.807) is 0 Å². The van der Waals surface area contributed by atoms with Gasteiger partial charge in [0.2, 0.25) is 5.91 Å². The van der Waals surface area contributed by atoms with Gasteiger partial charge >= 0.3 is 0 Å². The van der Waals surface area contributed by atoms with Crippen LogP contribution in [0.2, 0.25) is 0 Å². The highest BCUT2D eigenvalue weighted by molar-refractivity contribution is 6.21. The zero-order valence-corrected chi connectivity index (χ0v) is 16.0. The third kappa shape index (κ3) is 2.74. The molecule has 2 aromatic rings. The minimum atomic E-state index is -0.337. The predicted molar refractivity (Wildman–Crippen MR) is 107 cm³/mol. The van der Waals surface area contributed by atoms with E-state index in [1.807, 2.05) is 66.6 Å². The Morgan fingerprint density at radius 2 is 1.85 bits per heavy atom. The van der Waals surface area contributed by atoms with Crippen molar-refractivity contribution >= 4 is 28.9 Å². The lowest BCUT2D eigenvalue weighted by atomic mass is 9.81. The zero-order valence-electron chi connectivity index (χ0n) is 15.2. The minimum absolute atomic E-state index is 0.000625. The van der Waals surface area contributed by atoms with Gasteiger partial charge in [0.1, 0.15) is 6.04 Å². The van der Waals surface area contributed by atoms with E-state index >= 15 is 0 Å². The topological polar surface area (TPSA) is 41.6 Å². The van der Waals surface area contributed by atoms with Crippen LogP contribution in [0.4, 0.5) is 11.4 Å². The number of rotatable bonds is 3. The number of hydroxylamine groups is 1. The first-order valence-electron chi connectivity index (χ1n) is 9.65. The molecule has 0 aromatic heterocycles. The number of alkyl halides is 1. The highest BCUT2D eigenvalue weighted by Gasteiger charge is 2.62. The fourth-order valence-electron chi connectivity index (χ4n) is 5.20. The predicted octanol–water partition coefficient (Wildman–Crippen LogP) is 4.39. The molecule has 27 heavy (non-hydrogen) atoms.